The molecule has 0 aliphatic carbocycles. The van der Waals surface area contributed by atoms with E-state index in [1.54, 1.807) is 6.07 Å². The molecule has 0 bridgehead atoms. The highest BCUT2D eigenvalue weighted by molar-refractivity contribution is 5.01. The van der Waals surface area contributed by atoms with Crippen LogP contribution in [0.2, 0.25) is 0 Å². The van der Waals surface area contributed by atoms with E-state index in [2.05, 4.69) is 5.10 Å². The molecule has 0 amide bonds. The summed E-state index contributed by atoms with van der Waals surface area (Å²) in [6.45, 7) is -0.202. The fraction of sp³-hybridized carbons (Fsp3) is 0.333. The lowest BCUT2D eigenvalue weighted by atomic mass is 10.4. The van der Waals surface area contributed by atoms with Crippen LogP contribution in [0.5, 0.6) is 0 Å². The van der Waals surface area contributed by atoms with Gasteiger partial charge in [-0.1, -0.05) is 0 Å². The van der Waals surface area contributed by atoms with Crippen LogP contribution in [0.3, 0.4) is 0 Å². The second-order valence-electron chi connectivity index (χ2n) is 1.98. The Morgan fingerprint density at radius 2 is 2.33 bits per heavy atom. The van der Waals surface area contributed by atoms with E-state index in [0.29, 0.717) is 0 Å². The van der Waals surface area contributed by atoms with Crippen molar-refractivity contribution < 1.29 is 13.2 Å². The summed E-state index contributed by atoms with van der Waals surface area (Å²) in [5, 5.41) is 11.2. The summed E-state index contributed by atoms with van der Waals surface area (Å²) in [5.74, 6) is 0. The molecule has 1 radical (unpaired) electrons. The second-order valence-corrected chi connectivity index (χ2v) is 1.98. The minimum atomic E-state index is -4.49. The van der Waals surface area contributed by atoms with Crippen molar-refractivity contribution in [2.75, 3.05) is 0 Å². The Labute approximate surface area is 66.0 Å². The topological polar surface area (TPSA) is 41.6 Å². The van der Waals surface area contributed by atoms with E-state index in [0.717, 1.165) is 10.9 Å². The first-order valence-electron chi connectivity index (χ1n) is 2.93. The zero-order valence-corrected chi connectivity index (χ0v) is 5.76. The quantitative estimate of drug-likeness (QED) is 0.642. The maximum Gasteiger partial charge on any atom is 0.435 e. The van der Waals surface area contributed by atoms with Gasteiger partial charge < -0.3 is 0 Å². The first-order valence-corrected chi connectivity index (χ1v) is 2.93. The van der Waals surface area contributed by atoms with Crippen molar-refractivity contribution in [3.63, 3.8) is 0 Å². The molecule has 0 N–H and O–H groups in total. The van der Waals surface area contributed by atoms with Gasteiger partial charge in [0.25, 0.3) is 0 Å². The Morgan fingerprint density at radius 3 is 2.75 bits per heavy atom. The minimum absolute atomic E-state index is 0.202. The normalized spacial score (nSPS) is 11.2. The summed E-state index contributed by atoms with van der Waals surface area (Å²) in [5.41, 5.74) is -1.10. The Bertz CT molecular complexity index is 307. The van der Waals surface area contributed by atoms with Gasteiger partial charge >= 0.3 is 6.18 Å². The summed E-state index contributed by atoms with van der Waals surface area (Å²) in [6.07, 6.45) is -3.49. The van der Waals surface area contributed by atoms with Gasteiger partial charge in [-0.15, -0.1) is 0 Å². The molecule has 1 heterocycles. The average Bonchev–Trinajstić information content (AvgIpc) is 2.35. The van der Waals surface area contributed by atoms with E-state index in [1.165, 1.54) is 0 Å². The van der Waals surface area contributed by atoms with Crippen molar-refractivity contribution in [3.05, 3.63) is 18.0 Å². The van der Waals surface area contributed by atoms with Gasteiger partial charge in [0, 0.05) is 12.3 Å². The molecule has 0 fully saturated rings. The third-order valence-corrected chi connectivity index (χ3v) is 1.08. The van der Waals surface area contributed by atoms with Crippen LogP contribution in [0.4, 0.5) is 13.2 Å². The molecule has 12 heavy (non-hydrogen) atoms. The molecule has 1 aromatic rings. The van der Waals surface area contributed by atoms with E-state index in [-0.39, 0.29) is 6.54 Å². The standard InChI is InChI=1S/C6H3F3N3/c7-6(8,9)5-1-3-12(11-5)4-2-10/h3H,4H2. The van der Waals surface area contributed by atoms with Gasteiger partial charge in [-0.2, -0.15) is 23.5 Å². The first kappa shape index (κ1) is 8.59. The summed E-state index contributed by atoms with van der Waals surface area (Å²) in [7, 11) is 0. The molecule has 0 spiro atoms. The number of rotatable bonds is 1. The molecule has 3 nitrogen and oxygen atoms in total. The van der Waals surface area contributed by atoms with Crippen molar-refractivity contribution in [2.45, 2.75) is 12.7 Å². The second kappa shape index (κ2) is 2.85. The van der Waals surface area contributed by atoms with Crippen LogP contribution in [0.1, 0.15) is 5.69 Å². The van der Waals surface area contributed by atoms with E-state index in [4.69, 9.17) is 5.26 Å². The molecule has 6 heteroatoms. The number of hydrogen-bond donors (Lipinski definition) is 0. The number of aromatic nitrogens is 2. The molecule has 0 aliphatic rings. The highest BCUT2D eigenvalue weighted by atomic mass is 19.4. The first-order chi connectivity index (χ1) is 5.54. The monoisotopic (exact) mass is 174 g/mol. The molecule has 1 rings (SSSR count). The Morgan fingerprint density at radius 1 is 1.67 bits per heavy atom. The van der Waals surface area contributed by atoms with Crippen molar-refractivity contribution >= 4 is 0 Å². The summed E-state index contributed by atoms with van der Waals surface area (Å²) >= 11 is 0. The lowest BCUT2D eigenvalue weighted by Crippen LogP contribution is -2.07. The number of halogens is 3. The van der Waals surface area contributed by atoms with Gasteiger partial charge in [-0.3, -0.25) is 4.68 Å². The molecular weight excluding hydrogens is 171 g/mol. The van der Waals surface area contributed by atoms with E-state index in [9.17, 15) is 13.2 Å². The predicted octanol–water partition coefficient (Wildman–Crippen LogP) is 1.23. The van der Waals surface area contributed by atoms with Crippen molar-refractivity contribution in [1.82, 2.24) is 9.78 Å². The fourth-order valence-electron chi connectivity index (χ4n) is 0.614. The van der Waals surface area contributed by atoms with Gasteiger partial charge in [0.05, 0.1) is 6.07 Å². The number of nitriles is 1. The lowest BCUT2D eigenvalue weighted by Gasteiger charge is -1.99. The molecule has 0 unspecified atom stereocenters. The fourth-order valence-corrected chi connectivity index (χ4v) is 0.614. The van der Waals surface area contributed by atoms with Gasteiger partial charge in [0.1, 0.15) is 6.54 Å². The number of hydrogen-bond acceptors (Lipinski definition) is 2. The number of nitrogens with zero attached hydrogens (tertiary/aromatic N) is 3. The third-order valence-electron chi connectivity index (χ3n) is 1.08. The zero-order chi connectivity index (χ0) is 9.19. The van der Waals surface area contributed by atoms with Gasteiger partial charge in [0.2, 0.25) is 0 Å². The van der Waals surface area contributed by atoms with Crippen LogP contribution < -0.4 is 0 Å². The van der Waals surface area contributed by atoms with Crippen LogP contribution in [-0.4, -0.2) is 9.78 Å². The maximum atomic E-state index is 11.9. The number of alkyl halides is 3. The van der Waals surface area contributed by atoms with Gasteiger partial charge in [-0.25, -0.2) is 0 Å². The molecule has 0 aliphatic heterocycles. The van der Waals surface area contributed by atoms with Crippen LogP contribution >= 0.6 is 0 Å². The summed E-state index contributed by atoms with van der Waals surface area (Å²) < 4.78 is 36.4. The Hall–Kier alpha value is -1.51. The zero-order valence-electron chi connectivity index (χ0n) is 5.76. The van der Waals surface area contributed by atoms with Gasteiger partial charge in [-0.05, 0) is 0 Å². The lowest BCUT2D eigenvalue weighted by molar-refractivity contribution is -0.141. The van der Waals surface area contributed by atoms with Crippen molar-refractivity contribution in [2.24, 2.45) is 0 Å². The van der Waals surface area contributed by atoms with E-state index in [1.807, 2.05) is 6.07 Å². The molecule has 0 aromatic carbocycles. The minimum Gasteiger partial charge on any atom is -0.257 e. The molecule has 63 valence electrons. The largest absolute Gasteiger partial charge is 0.435 e. The average molecular weight is 174 g/mol. The maximum absolute atomic E-state index is 11.9. The molecule has 0 atom stereocenters. The van der Waals surface area contributed by atoms with Crippen molar-refractivity contribution in [3.8, 4) is 6.07 Å². The van der Waals surface area contributed by atoms with Gasteiger partial charge in [0.15, 0.2) is 5.69 Å². The smallest absolute Gasteiger partial charge is 0.257 e. The van der Waals surface area contributed by atoms with Crippen LogP contribution in [0.15, 0.2) is 6.20 Å². The Kier molecular flexibility index (Phi) is 2.04. The molecule has 0 saturated heterocycles. The third kappa shape index (κ3) is 1.75. The predicted molar refractivity (Wildman–Crippen MR) is 31.7 cm³/mol. The van der Waals surface area contributed by atoms with E-state index >= 15 is 0 Å². The highest BCUT2D eigenvalue weighted by Crippen LogP contribution is 2.26. The van der Waals surface area contributed by atoms with E-state index < -0.39 is 11.9 Å². The van der Waals surface area contributed by atoms with Crippen LogP contribution in [0, 0.1) is 17.4 Å². The Balaban J connectivity index is 2.86. The highest BCUT2D eigenvalue weighted by Gasteiger charge is 2.33. The summed E-state index contributed by atoms with van der Waals surface area (Å²) in [4.78, 5) is 0. The van der Waals surface area contributed by atoms with Crippen LogP contribution in [0.25, 0.3) is 0 Å². The molecule has 0 saturated carbocycles. The molecule has 1 aromatic heterocycles. The molecular formula is C6H3F3N3. The summed E-state index contributed by atoms with van der Waals surface area (Å²) in [6, 6.07) is 3.57. The van der Waals surface area contributed by atoms with Crippen LogP contribution in [-0.2, 0) is 12.7 Å². The van der Waals surface area contributed by atoms with Crippen molar-refractivity contribution in [1.29, 1.82) is 5.26 Å². The SMILES string of the molecule is N#CCn1c[c]c(C(F)(F)F)n1.